The van der Waals surface area contributed by atoms with E-state index >= 15 is 0 Å². The summed E-state index contributed by atoms with van der Waals surface area (Å²) in [6.07, 6.45) is 3.12. The fourth-order valence-corrected chi connectivity index (χ4v) is 2.50. The van der Waals surface area contributed by atoms with E-state index in [-0.39, 0.29) is 17.8 Å². The molecule has 0 radical (unpaired) electrons. The van der Waals surface area contributed by atoms with Gasteiger partial charge in [-0.2, -0.15) is 0 Å². The molecule has 116 valence electrons. The van der Waals surface area contributed by atoms with E-state index in [9.17, 15) is 9.18 Å². The first kappa shape index (κ1) is 16.6. The van der Waals surface area contributed by atoms with Crippen LogP contribution in [0.2, 0.25) is 0 Å². The number of halogens is 2. The third kappa shape index (κ3) is 4.35. The first-order valence-corrected chi connectivity index (χ1v) is 7.57. The Labute approximate surface area is 137 Å². The summed E-state index contributed by atoms with van der Waals surface area (Å²) in [4.78, 5) is 18.1. The zero-order valence-electron chi connectivity index (χ0n) is 12.4. The van der Waals surface area contributed by atoms with Crippen molar-refractivity contribution in [2.24, 2.45) is 0 Å². The highest BCUT2D eigenvalue weighted by Crippen LogP contribution is 2.18. The minimum atomic E-state index is -0.285. The van der Waals surface area contributed by atoms with Crippen molar-refractivity contribution in [3.8, 4) is 0 Å². The van der Waals surface area contributed by atoms with Gasteiger partial charge in [-0.1, -0.05) is 12.1 Å². The van der Waals surface area contributed by atoms with Gasteiger partial charge < -0.3 is 10.2 Å². The van der Waals surface area contributed by atoms with Crippen molar-refractivity contribution >= 4 is 21.8 Å². The highest BCUT2D eigenvalue weighted by Gasteiger charge is 2.16. The van der Waals surface area contributed by atoms with E-state index in [0.717, 1.165) is 10.0 Å². The molecule has 0 aliphatic rings. The van der Waals surface area contributed by atoms with Crippen LogP contribution in [0.4, 0.5) is 4.39 Å². The van der Waals surface area contributed by atoms with Gasteiger partial charge in [0.1, 0.15) is 5.82 Å². The van der Waals surface area contributed by atoms with Gasteiger partial charge in [0.25, 0.3) is 5.91 Å². The number of hydrogen-bond acceptors (Lipinski definition) is 3. The van der Waals surface area contributed by atoms with E-state index in [2.05, 4.69) is 26.2 Å². The highest BCUT2D eigenvalue weighted by molar-refractivity contribution is 9.10. The van der Waals surface area contributed by atoms with Crippen molar-refractivity contribution in [2.75, 3.05) is 20.6 Å². The Morgan fingerprint density at radius 3 is 2.77 bits per heavy atom. The smallest absolute Gasteiger partial charge is 0.252 e. The Bertz CT molecular complexity index is 663. The molecule has 0 spiro atoms. The maximum Gasteiger partial charge on any atom is 0.252 e. The minimum absolute atomic E-state index is 0.111. The molecule has 1 N–H and O–H groups in total. The summed E-state index contributed by atoms with van der Waals surface area (Å²) in [7, 11) is 3.78. The highest BCUT2D eigenvalue weighted by atomic mass is 79.9. The van der Waals surface area contributed by atoms with Gasteiger partial charge in [0.05, 0.1) is 11.6 Å². The molecule has 2 rings (SSSR count). The van der Waals surface area contributed by atoms with Gasteiger partial charge in [0.2, 0.25) is 0 Å². The summed E-state index contributed by atoms with van der Waals surface area (Å²) in [5.41, 5.74) is 1.30. The minimum Gasteiger partial charge on any atom is -0.350 e. The fraction of sp³-hybridized carbons (Fsp3) is 0.250. The number of likely N-dealkylation sites (N-methyl/N-ethyl adjacent to an activating group) is 1. The number of amides is 1. The Morgan fingerprint density at radius 1 is 1.36 bits per heavy atom. The first-order valence-electron chi connectivity index (χ1n) is 6.78. The second-order valence-electron chi connectivity index (χ2n) is 5.14. The maximum atomic E-state index is 13.4. The van der Waals surface area contributed by atoms with Crippen LogP contribution in [0, 0.1) is 5.82 Å². The normalized spacial score (nSPS) is 12.2. The van der Waals surface area contributed by atoms with Crippen LogP contribution >= 0.6 is 15.9 Å². The lowest BCUT2D eigenvalue weighted by Gasteiger charge is -2.25. The molecular weight excluding hydrogens is 349 g/mol. The first-order chi connectivity index (χ1) is 10.5. The molecule has 22 heavy (non-hydrogen) atoms. The summed E-state index contributed by atoms with van der Waals surface area (Å²) in [5, 5.41) is 2.86. The van der Waals surface area contributed by atoms with Gasteiger partial charge in [0, 0.05) is 23.4 Å². The van der Waals surface area contributed by atoms with Gasteiger partial charge in [-0.3, -0.25) is 9.78 Å². The topological polar surface area (TPSA) is 45.2 Å². The molecule has 0 aliphatic carbocycles. The number of pyridine rings is 1. The fourth-order valence-electron chi connectivity index (χ4n) is 2.14. The molecule has 1 heterocycles. The molecule has 2 aromatic rings. The van der Waals surface area contributed by atoms with Gasteiger partial charge in [-0.25, -0.2) is 4.39 Å². The van der Waals surface area contributed by atoms with E-state index in [4.69, 9.17) is 0 Å². The second kappa shape index (κ2) is 7.47. The number of carbonyl (C=O) groups is 1. The van der Waals surface area contributed by atoms with Gasteiger partial charge in [-0.15, -0.1) is 0 Å². The number of nitrogens with zero attached hydrogens (tertiary/aromatic N) is 2. The Balaban J connectivity index is 2.08. The van der Waals surface area contributed by atoms with Crippen LogP contribution in [-0.4, -0.2) is 36.4 Å². The van der Waals surface area contributed by atoms with Crippen molar-refractivity contribution in [3.63, 3.8) is 0 Å². The lowest BCUT2D eigenvalue weighted by atomic mass is 10.1. The van der Waals surface area contributed by atoms with Crippen LogP contribution in [0.3, 0.4) is 0 Å². The van der Waals surface area contributed by atoms with E-state index in [1.807, 2.05) is 25.1 Å². The number of hydrogen-bond donors (Lipinski definition) is 1. The predicted molar refractivity (Wildman–Crippen MR) is 87.1 cm³/mol. The number of benzene rings is 1. The van der Waals surface area contributed by atoms with E-state index in [1.165, 1.54) is 18.3 Å². The molecule has 0 aliphatic heterocycles. The molecule has 0 saturated heterocycles. The van der Waals surface area contributed by atoms with E-state index < -0.39 is 0 Å². The molecule has 1 unspecified atom stereocenters. The predicted octanol–water partition coefficient (Wildman–Crippen LogP) is 3.02. The lowest BCUT2D eigenvalue weighted by molar-refractivity contribution is 0.0941. The average molecular weight is 366 g/mol. The Morgan fingerprint density at radius 2 is 2.14 bits per heavy atom. The van der Waals surface area contributed by atoms with Gasteiger partial charge in [0.15, 0.2) is 0 Å². The quantitative estimate of drug-likeness (QED) is 0.885. The summed E-state index contributed by atoms with van der Waals surface area (Å²) >= 11 is 3.29. The standard InChI is InChI=1S/C16H17BrFN3O/c1-21(2)15(11-4-3-5-14(18)7-11)10-20-16(22)12-6-13(17)9-19-8-12/h3-9,15H,10H2,1-2H3,(H,20,22). The molecular formula is C16H17BrFN3O. The largest absolute Gasteiger partial charge is 0.350 e. The zero-order chi connectivity index (χ0) is 16.1. The maximum absolute atomic E-state index is 13.4. The van der Waals surface area contributed by atoms with E-state index in [1.54, 1.807) is 18.3 Å². The summed E-state index contributed by atoms with van der Waals surface area (Å²) < 4.78 is 14.1. The molecule has 1 amide bonds. The Kier molecular flexibility index (Phi) is 5.63. The second-order valence-corrected chi connectivity index (χ2v) is 6.05. The van der Waals surface area contributed by atoms with Crippen molar-refractivity contribution < 1.29 is 9.18 Å². The van der Waals surface area contributed by atoms with Crippen molar-refractivity contribution in [1.29, 1.82) is 0 Å². The van der Waals surface area contributed by atoms with Crippen molar-refractivity contribution in [1.82, 2.24) is 15.2 Å². The number of carbonyl (C=O) groups excluding carboxylic acids is 1. The monoisotopic (exact) mass is 365 g/mol. The summed E-state index contributed by atoms with van der Waals surface area (Å²) in [6.45, 7) is 0.377. The molecule has 6 heteroatoms. The van der Waals surface area contributed by atoms with Gasteiger partial charge in [-0.05, 0) is 53.8 Å². The van der Waals surface area contributed by atoms with Crippen LogP contribution < -0.4 is 5.32 Å². The van der Waals surface area contributed by atoms with Crippen LogP contribution in [-0.2, 0) is 0 Å². The average Bonchev–Trinajstić information content (AvgIpc) is 2.47. The van der Waals surface area contributed by atoms with E-state index in [0.29, 0.717) is 12.1 Å². The number of aromatic nitrogens is 1. The SMILES string of the molecule is CN(C)C(CNC(=O)c1cncc(Br)c1)c1cccc(F)c1. The molecule has 4 nitrogen and oxygen atoms in total. The van der Waals surface area contributed by atoms with Crippen LogP contribution in [0.5, 0.6) is 0 Å². The number of rotatable bonds is 5. The molecule has 0 fully saturated rings. The molecule has 0 bridgehead atoms. The van der Waals surface area contributed by atoms with Crippen LogP contribution in [0.1, 0.15) is 22.0 Å². The van der Waals surface area contributed by atoms with Crippen LogP contribution in [0.25, 0.3) is 0 Å². The molecule has 1 atom stereocenters. The summed E-state index contributed by atoms with van der Waals surface area (Å²) in [5.74, 6) is -0.496. The van der Waals surface area contributed by atoms with Gasteiger partial charge >= 0.3 is 0 Å². The lowest BCUT2D eigenvalue weighted by Crippen LogP contribution is -2.34. The zero-order valence-corrected chi connectivity index (χ0v) is 14.0. The third-order valence-electron chi connectivity index (χ3n) is 3.28. The van der Waals surface area contributed by atoms with Crippen molar-refractivity contribution in [3.05, 3.63) is 64.1 Å². The molecule has 0 saturated carbocycles. The van der Waals surface area contributed by atoms with Crippen LogP contribution in [0.15, 0.2) is 47.2 Å². The molecule has 1 aromatic carbocycles. The summed E-state index contributed by atoms with van der Waals surface area (Å²) in [6, 6.07) is 8.00. The van der Waals surface area contributed by atoms with Crippen molar-refractivity contribution in [2.45, 2.75) is 6.04 Å². The third-order valence-corrected chi connectivity index (χ3v) is 3.71. The molecule has 1 aromatic heterocycles. The number of nitrogens with one attached hydrogen (secondary N) is 1. The Hall–Kier alpha value is -1.79.